The van der Waals surface area contributed by atoms with E-state index >= 15 is 0 Å². The van der Waals surface area contributed by atoms with Crippen LogP contribution < -0.4 is 5.32 Å². The third-order valence-corrected chi connectivity index (χ3v) is 4.31. The van der Waals surface area contributed by atoms with Crippen LogP contribution in [0.1, 0.15) is 38.5 Å². The van der Waals surface area contributed by atoms with Crippen LogP contribution in [0.15, 0.2) is 0 Å². The summed E-state index contributed by atoms with van der Waals surface area (Å²) in [7, 11) is 4.22. The van der Waals surface area contributed by atoms with Crippen molar-refractivity contribution in [3.8, 4) is 0 Å². The molecular weight excluding hydrogens is 226 g/mol. The molecule has 2 aliphatic rings. The van der Waals surface area contributed by atoms with Gasteiger partial charge < -0.3 is 15.1 Å². The number of nitrogens with one attached hydrogen (secondary N) is 1. The molecule has 4 heteroatoms. The number of amides is 1. The standard InChI is InChI=1S/C14H27N3O/c1-16(2)13-7-5-9-17(11-13)14(18)10-12-6-3-4-8-15-12/h12-13,15H,3-11H2,1-2H3. The third kappa shape index (κ3) is 3.69. The monoisotopic (exact) mass is 253 g/mol. The van der Waals surface area contributed by atoms with Crippen LogP contribution >= 0.6 is 0 Å². The van der Waals surface area contributed by atoms with Crippen molar-refractivity contribution in [2.45, 2.75) is 50.6 Å². The summed E-state index contributed by atoms with van der Waals surface area (Å²) in [5.74, 6) is 0.348. The van der Waals surface area contributed by atoms with Crippen LogP contribution in [-0.4, -0.2) is 61.5 Å². The van der Waals surface area contributed by atoms with E-state index in [1.54, 1.807) is 0 Å². The molecule has 2 rings (SSSR count). The van der Waals surface area contributed by atoms with Gasteiger partial charge >= 0.3 is 0 Å². The van der Waals surface area contributed by atoms with Crippen molar-refractivity contribution in [1.29, 1.82) is 0 Å². The second-order valence-corrected chi connectivity index (χ2v) is 5.95. The number of rotatable bonds is 3. The molecular formula is C14H27N3O. The van der Waals surface area contributed by atoms with Crippen LogP contribution in [-0.2, 0) is 4.79 Å². The topological polar surface area (TPSA) is 35.6 Å². The van der Waals surface area contributed by atoms with E-state index < -0.39 is 0 Å². The number of hydrogen-bond acceptors (Lipinski definition) is 3. The minimum Gasteiger partial charge on any atom is -0.341 e. The van der Waals surface area contributed by atoms with Gasteiger partial charge in [-0.1, -0.05) is 6.42 Å². The lowest BCUT2D eigenvalue weighted by Gasteiger charge is -2.37. The van der Waals surface area contributed by atoms with Gasteiger partial charge in [-0.15, -0.1) is 0 Å². The molecule has 4 nitrogen and oxygen atoms in total. The Morgan fingerprint density at radius 1 is 1.28 bits per heavy atom. The van der Waals surface area contributed by atoms with Gasteiger partial charge in [-0.3, -0.25) is 4.79 Å². The smallest absolute Gasteiger partial charge is 0.224 e. The van der Waals surface area contributed by atoms with Crippen molar-refractivity contribution >= 4 is 5.91 Å². The van der Waals surface area contributed by atoms with Crippen LogP contribution in [0.2, 0.25) is 0 Å². The molecule has 0 radical (unpaired) electrons. The molecule has 0 saturated carbocycles. The van der Waals surface area contributed by atoms with Crippen LogP contribution in [0.5, 0.6) is 0 Å². The largest absolute Gasteiger partial charge is 0.341 e. The average molecular weight is 253 g/mol. The zero-order valence-corrected chi connectivity index (χ0v) is 11.8. The van der Waals surface area contributed by atoms with Crippen molar-refractivity contribution in [2.24, 2.45) is 0 Å². The maximum Gasteiger partial charge on any atom is 0.224 e. The van der Waals surface area contributed by atoms with Gasteiger partial charge in [0, 0.05) is 31.6 Å². The molecule has 104 valence electrons. The first-order valence-electron chi connectivity index (χ1n) is 7.34. The molecule has 1 N–H and O–H groups in total. The van der Waals surface area contributed by atoms with E-state index in [0.29, 0.717) is 24.4 Å². The Hall–Kier alpha value is -0.610. The number of piperidine rings is 2. The highest BCUT2D eigenvalue weighted by Gasteiger charge is 2.26. The lowest BCUT2D eigenvalue weighted by molar-refractivity contribution is -0.133. The summed E-state index contributed by atoms with van der Waals surface area (Å²) in [4.78, 5) is 16.6. The van der Waals surface area contributed by atoms with Gasteiger partial charge in [0.05, 0.1) is 0 Å². The van der Waals surface area contributed by atoms with Crippen LogP contribution in [0.25, 0.3) is 0 Å². The van der Waals surface area contributed by atoms with Crippen LogP contribution in [0, 0.1) is 0 Å². The van der Waals surface area contributed by atoms with Crippen LogP contribution in [0.4, 0.5) is 0 Å². The Labute approximate surface area is 111 Å². The van der Waals surface area contributed by atoms with Gasteiger partial charge in [0.25, 0.3) is 0 Å². The highest BCUT2D eigenvalue weighted by Crippen LogP contribution is 2.17. The molecule has 1 amide bonds. The molecule has 0 bridgehead atoms. The van der Waals surface area contributed by atoms with Crippen LogP contribution in [0.3, 0.4) is 0 Å². The fourth-order valence-corrected chi connectivity index (χ4v) is 3.04. The highest BCUT2D eigenvalue weighted by molar-refractivity contribution is 5.77. The molecule has 0 aromatic rings. The highest BCUT2D eigenvalue weighted by atomic mass is 16.2. The normalized spacial score (nSPS) is 29.6. The first-order valence-corrected chi connectivity index (χ1v) is 7.34. The van der Waals surface area contributed by atoms with Gasteiger partial charge in [-0.25, -0.2) is 0 Å². The van der Waals surface area contributed by atoms with E-state index in [9.17, 15) is 4.79 Å². The molecule has 2 atom stereocenters. The summed E-state index contributed by atoms with van der Waals surface area (Å²) in [5, 5.41) is 3.47. The van der Waals surface area contributed by atoms with E-state index in [1.165, 1.54) is 19.3 Å². The number of likely N-dealkylation sites (N-methyl/N-ethyl adjacent to an activating group) is 1. The molecule has 2 unspecified atom stereocenters. The minimum absolute atomic E-state index is 0.348. The number of carbonyl (C=O) groups excluding carboxylic acids is 1. The fourth-order valence-electron chi connectivity index (χ4n) is 3.04. The SMILES string of the molecule is CN(C)C1CCCN(C(=O)CC2CCCCN2)C1. The van der Waals surface area contributed by atoms with E-state index in [0.717, 1.165) is 32.5 Å². The summed E-state index contributed by atoms with van der Waals surface area (Å²) in [6.07, 6.45) is 6.75. The average Bonchev–Trinajstić information content (AvgIpc) is 2.40. The molecule has 0 aromatic heterocycles. The first kappa shape index (κ1) is 13.8. The molecule has 0 aromatic carbocycles. The Morgan fingerprint density at radius 3 is 2.78 bits per heavy atom. The summed E-state index contributed by atoms with van der Waals surface area (Å²) in [6.45, 7) is 2.95. The molecule has 2 fully saturated rings. The predicted octanol–water partition coefficient (Wildman–Crippen LogP) is 1.07. The Morgan fingerprint density at radius 2 is 2.11 bits per heavy atom. The molecule has 2 heterocycles. The third-order valence-electron chi connectivity index (χ3n) is 4.31. The number of nitrogens with zero attached hydrogens (tertiary/aromatic N) is 2. The van der Waals surface area contributed by atoms with Crippen molar-refractivity contribution in [3.05, 3.63) is 0 Å². The number of carbonyl (C=O) groups is 1. The molecule has 0 aliphatic carbocycles. The van der Waals surface area contributed by atoms with Crippen molar-refractivity contribution in [2.75, 3.05) is 33.7 Å². The Bertz CT molecular complexity index is 274. The zero-order valence-electron chi connectivity index (χ0n) is 11.8. The van der Waals surface area contributed by atoms with Crippen molar-refractivity contribution in [1.82, 2.24) is 15.1 Å². The maximum absolute atomic E-state index is 12.3. The van der Waals surface area contributed by atoms with Gasteiger partial charge in [0.15, 0.2) is 0 Å². The first-order chi connectivity index (χ1) is 8.66. The van der Waals surface area contributed by atoms with Crippen molar-refractivity contribution < 1.29 is 4.79 Å². The maximum atomic E-state index is 12.3. The molecule has 0 spiro atoms. The molecule has 2 aliphatic heterocycles. The lowest BCUT2D eigenvalue weighted by Crippen LogP contribution is -2.49. The van der Waals surface area contributed by atoms with Gasteiger partial charge in [-0.05, 0) is 46.3 Å². The van der Waals surface area contributed by atoms with Gasteiger partial charge in [-0.2, -0.15) is 0 Å². The van der Waals surface area contributed by atoms with E-state index in [1.807, 2.05) is 0 Å². The Kier molecular flexibility index (Phi) is 5.01. The zero-order chi connectivity index (χ0) is 13.0. The van der Waals surface area contributed by atoms with E-state index in [-0.39, 0.29) is 0 Å². The van der Waals surface area contributed by atoms with E-state index in [2.05, 4.69) is 29.2 Å². The van der Waals surface area contributed by atoms with E-state index in [4.69, 9.17) is 0 Å². The summed E-state index contributed by atoms with van der Waals surface area (Å²) in [5.41, 5.74) is 0. The van der Waals surface area contributed by atoms with Gasteiger partial charge in [0.1, 0.15) is 0 Å². The van der Waals surface area contributed by atoms with Gasteiger partial charge in [0.2, 0.25) is 5.91 Å². The molecule has 2 saturated heterocycles. The number of hydrogen-bond donors (Lipinski definition) is 1. The second kappa shape index (κ2) is 6.53. The summed E-state index contributed by atoms with van der Waals surface area (Å²) in [6, 6.07) is 0.966. The summed E-state index contributed by atoms with van der Waals surface area (Å²) < 4.78 is 0. The lowest BCUT2D eigenvalue weighted by atomic mass is 10.00. The predicted molar refractivity (Wildman–Crippen MR) is 73.5 cm³/mol. The molecule has 18 heavy (non-hydrogen) atoms. The minimum atomic E-state index is 0.348. The Balaban J connectivity index is 1.80. The quantitative estimate of drug-likeness (QED) is 0.817. The fraction of sp³-hybridized carbons (Fsp3) is 0.929. The number of likely N-dealkylation sites (tertiary alicyclic amines) is 1. The summed E-state index contributed by atoms with van der Waals surface area (Å²) >= 11 is 0. The van der Waals surface area contributed by atoms with Crippen molar-refractivity contribution in [3.63, 3.8) is 0 Å². The second-order valence-electron chi connectivity index (χ2n) is 5.95.